The fraction of sp³-hybridized carbons (Fsp3) is 0.655. The van der Waals surface area contributed by atoms with Crippen LogP contribution in [0.4, 0.5) is 0 Å². The molecule has 2 N–H and O–H groups in total. The van der Waals surface area contributed by atoms with E-state index in [4.69, 9.17) is 18.9 Å². The van der Waals surface area contributed by atoms with Crippen LogP contribution in [0, 0.1) is 5.92 Å². The van der Waals surface area contributed by atoms with Gasteiger partial charge in [-0.3, -0.25) is 9.59 Å². The molecule has 0 spiro atoms. The van der Waals surface area contributed by atoms with Gasteiger partial charge in [0.25, 0.3) is 0 Å². The molecule has 41 heavy (non-hydrogen) atoms. The standard InChI is InChI=1S/C29H44O10S2/c1-6-7-20(2)16-23(30)17-37-27(34)21-8-10-22(11-9-21)28(35)38-19-24(31)18-36-25(32)12-14-40-41-15-13-26(33)39-29(3,4)5/h8-11,20,23-24,30-31H,6-7,12-19H2,1-5H3. The Kier molecular flexibility index (Phi) is 17.7. The van der Waals surface area contributed by atoms with Crippen LogP contribution in [0.15, 0.2) is 24.3 Å². The van der Waals surface area contributed by atoms with Crippen molar-refractivity contribution in [3.05, 3.63) is 35.4 Å². The van der Waals surface area contributed by atoms with Gasteiger partial charge in [0.05, 0.1) is 30.1 Å². The number of carbonyl (C=O) groups is 4. The minimum absolute atomic E-state index is 0.104. The zero-order valence-electron chi connectivity index (χ0n) is 24.6. The maximum Gasteiger partial charge on any atom is 0.338 e. The maximum absolute atomic E-state index is 12.3. The second kappa shape index (κ2) is 19.8. The Balaban J connectivity index is 2.24. The first-order valence-corrected chi connectivity index (χ1v) is 16.2. The van der Waals surface area contributed by atoms with Crippen LogP contribution in [0.1, 0.15) is 87.4 Å². The van der Waals surface area contributed by atoms with Crippen LogP contribution in [0.5, 0.6) is 0 Å². The highest BCUT2D eigenvalue weighted by molar-refractivity contribution is 8.76. The highest BCUT2D eigenvalue weighted by Crippen LogP contribution is 2.23. The summed E-state index contributed by atoms with van der Waals surface area (Å²) in [5, 5.41) is 20.0. The van der Waals surface area contributed by atoms with Crippen molar-refractivity contribution >= 4 is 45.5 Å². The molecule has 1 rings (SSSR count). The SMILES string of the molecule is CCCC(C)CC(O)COC(=O)c1ccc(C(=O)OCC(O)COC(=O)CCSSCCC(=O)OC(C)(C)C)cc1. The topological polar surface area (TPSA) is 146 Å². The predicted molar refractivity (Wildman–Crippen MR) is 159 cm³/mol. The Morgan fingerprint density at radius 2 is 1.24 bits per heavy atom. The number of esters is 4. The van der Waals surface area contributed by atoms with Gasteiger partial charge < -0.3 is 29.2 Å². The van der Waals surface area contributed by atoms with Crippen LogP contribution >= 0.6 is 21.6 Å². The zero-order chi connectivity index (χ0) is 30.8. The molecular formula is C29H44O10S2. The second-order valence-corrected chi connectivity index (χ2v) is 13.3. The van der Waals surface area contributed by atoms with Crippen molar-refractivity contribution in [3.63, 3.8) is 0 Å². The first-order chi connectivity index (χ1) is 19.3. The minimum atomic E-state index is -1.19. The van der Waals surface area contributed by atoms with E-state index in [9.17, 15) is 29.4 Å². The van der Waals surface area contributed by atoms with Gasteiger partial charge in [0, 0.05) is 11.5 Å². The quantitative estimate of drug-likeness (QED) is 0.0970. The summed E-state index contributed by atoms with van der Waals surface area (Å²) in [6, 6.07) is 5.62. The molecule has 232 valence electrons. The van der Waals surface area contributed by atoms with Gasteiger partial charge in [0.1, 0.15) is 31.5 Å². The molecule has 1 aromatic rings. The largest absolute Gasteiger partial charge is 0.463 e. The van der Waals surface area contributed by atoms with E-state index >= 15 is 0 Å². The summed E-state index contributed by atoms with van der Waals surface area (Å²) in [5.41, 5.74) is -0.120. The van der Waals surface area contributed by atoms with E-state index in [0.29, 0.717) is 23.8 Å². The van der Waals surface area contributed by atoms with E-state index in [2.05, 4.69) is 6.92 Å². The van der Waals surface area contributed by atoms with Crippen LogP contribution in [-0.4, -0.2) is 83.2 Å². The molecule has 3 atom stereocenters. The maximum atomic E-state index is 12.3. The predicted octanol–water partition coefficient (Wildman–Crippen LogP) is 4.59. The van der Waals surface area contributed by atoms with Gasteiger partial charge in [-0.05, 0) is 57.4 Å². The highest BCUT2D eigenvalue weighted by atomic mass is 33.1. The molecule has 0 fully saturated rings. The lowest BCUT2D eigenvalue weighted by Crippen LogP contribution is -2.25. The summed E-state index contributed by atoms with van der Waals surface area (Å²) < 4.78 is 20.5. The van der Waals surface area contributed by atoms with E-state index in [0.717, 1.165) is 12.8 Å². The molecule has 1 aromatic carbocycles. The van der Waals surface area contributed by atoms with Crippen LogP contribution in [-0.2, 0) is 28.5 Å². The van der Waals surface area contributed by atoms with Gasteiger partial charge in [0.15, 0.2) is 0 Å². The summed E-state index contributed by atoms with van der Waals surface area (Å²) in [6.07, 6.45) is 1.04. The van der Waals surface area contributed by atoms with Crippen molar-refractivity contribution < 1.29 is 48.3 Å². The molecule has 0 aliphatic carbocycles. The number of hydrogen-bond donors (Lipinski definition) is 2. The van der Waals surface area contributed by atoms with Gasteiger partial charge in [0.2, 0.25) is 0 Å². The molecule has 0 radical (unpaired) electrons. The van der Waals surface area contributed by atoms with Crippen molar-refractivity contribution in [2.45, 2.75) is 84.5 Å². The number of rotatable bonds is 19. The van der Waals surface area contributed by atoms with E-state index < -0.39 is 35.7 Å². The van der Waals surface area contributed by atoms with Gasteiger partial charge in [-0.1, -0.05) is 48.3 Å². The Labute approximate surface area is 250 Å². The Morgan fingerprint density at radius 1 is 0.780 bits per heavy atom. The number of aliphatic hydroxyl groups excluding tert-OH is 2. The fourth-order valence-corrected chi connectivity index (χ4v) is 5.41. The lowest BCUT2D eigenvalue weighted by Gasteiger charge is -2.19. The number of benzene rings is 1. The molecule has 0 aliphatic rings. The molecule has 0 aromatic heterocycles. The molecule has 0 heterocycles. The lowest BCUT2D eigenvalue weighted by atomic mass is 9.99. The van der Waals surface area contributed by atoms with E-state index in [1.165, 1.54) is 45.9 Å². The number of ether oxygens (including phenoxy) is 4. The smallest absolute Gasteiger partial charge is 0.338 e. The third kappa shape index (κ3) is 18.0. The number of aliphatic hydroxyl groups is 2. The minimum Gasteiger partial charge on any atom is -0.463 e. The fourth-order valence-electron chi connectivity index (χ4n) is 3.47. The third-order valence-electron chi connectivity index (χ3n) is 5.34. The normalized spacial score (nSPS) is 13.5. The highest BCUT2D eigenvalue weighted by Gasteiger charge is 2.17. The molecular weight excluding hydrogens is 572 g/mol. The average Bonchev–Trinajstić information content (AvgIpc) is 2.90. The summed E-state index contributed by atoms with van der Waals surface area (Å²) in [5.74, 6) is -0.711. The molecule has 10 nitrogen and oxygen atoms in total. The average molecular weight is 617 g/mol. The molecule has 0 saturated carbocycles. The van der Waals surface area contributed by atoms with Gasteiger partial charge in [-0.15, -0.1) is 0 Å². The third-order valence-corrected chi connectivity index (χ3v) is 7.75. The van der Waals surface area contributed by atoms with Crippen molar-refractivity contribution in [1.29, 1.82) is 0 Å². The molecule has 0 bridgehead atoms. The summed E-state index contributed by atoms with van der Waals surface area (Å²) in [6.45, 7) is 8.74. The zero-order valence-corrected chi connectivity index (χ0v) is 26.2. The van der Waals surface area contributed by atoms with Crippen LogP contribution in [0.3, 0.4) is 0 Å². The van der Waals surface area contributed by atoms with E-state index in [1.54, 1.807) is 0 Å². The van der Waals surface area contributed by atoms with Crippen LogP contribution in [0.2, 0.25) is 0 Å². The molecule has 0 amide bonds. The molecule has 12 heteroatoms. The van der Waals surface area contributed by atoms with Crippen LogP contribution < -0.4 is 0 Å². The number of carbonyl (C=O) groups excluding carboxylic acids is 4. The van der Waals surface area contributed by atoms with Crippen molar-refractivity contribution in [2.75, 3.05) is 31.3 Å². The Bertz CT molecular complexity index is 946. The molecule has 0 aliphatic heterocycles. The molecule has 3 unspecified atom stereocenters. The second-order valence-electron chi connectivity index (χ2n) is 10.6. The van der Waals surface area contributed by atoms with E-state index in [-0.39, 0.29) is 49.8 Å². The Hall–Kier alpha value is -2.28. The molecule has 0 saturated heterocycles. The van der Waals surface area contributed by atoms with Crippen molar-refractivity contribution in [3.8, 4) is 0 Å². The van der Waals surface area contributed by atoms with Gasteiger partial charge >= 0.3 is 23.9 Å². The Morgan fingerprint density at radius 3 is 1.73 bits per heavy atom. The first kappa shape index (κ1) is 36.7. The van der Waals surface area contributed by atoms with Gasteiger partial charge in [-0.2, -0.15) is 0 Å². The van der Waals surface area contributed by atoms with Crippen molar-refractivity contribution in [1.82, 2.24) is 0 Å². The van der Waals surface area contributed by atoms with Crippen molar-refractivity contribution in [2.24, 2.45) is 5.92 Å². The number of hydrogen-bond acceptors (Lipinski definition) is 12. The summed E-state index contributed by atoms with van der Waals surface area (Å²) >= 11 is 0. The first-order valence-electron chi connectivity index (χ1n) is 13.7. The summed E-state index contributed by atoms with van der Waals surface area (Å²) in [4.78, 5) is 48.0. The lowest BCUT2D eigenvalue weighted by molar-refractivity contribution is -0.154. The van der Waals surface area contributed by atoms with Crippen LogP contribution in [0.25, 0.3) is 0 Å². The summed E-state index contributed by atoms with van der Waals surface area (Å²) in [7, 11) is 2.89. The van der Waals surface area contributed by atoms with E-state index in [1.807, 2.05) is 27.7 Å². The monoisotopic (exact) mass is 616 g/mol. The van der Waals surface area contributed by atoms with Gasteiger partial charge in [-0.25, -0.2) is 9.59 Å².